The van der Waals surface area contributed by atoms with Crippen LogP contribution in [-0.2, 0) is 4.79 Å². The Bertz CT molecular complexity index is 342. The van der Waals surface area contributed by atoms with E-state index in [1.165, 1.54) is 6.20 Å². The van der Waals surface area contributed by atoms with Gasteiger partial charge in [0.2, 0.25) is 5.91 Å². The van der Waals surface area contributed by atoms with Gasteiger partial charge in [-0.1, -0.05) is 6.07 Å². The van der Waals surface area contributed by atoms with Crippen molar-refractivity contribution in [1.82, 2.24) is 4.98 Å². The Balaban J connectivity index is 2.89. The number of thioether (sulfide) groups is 1. The number of carbonyl (C=O) groups excluding carboxylic acids is 2. The molecule has 1 aromatic heterocycles. The van der Waals surface area contributed by atoms with E-state index in [-0.39, 0.29) is 0 Å². The molecule has 1 atom stereocenters. The average molecular weight is 211 g/mol. The van der Waals surface area contributed by atoms with E-state index in [0.717, 1.165) is 0 Å². The van der Waals surface area contributed by atoms with Gasteiger partial charge in [0.1, 0.15) is 5.25 Å². The van der Waals surface area contributed by atoms with Crippen molar-refractivity contribution >= 4 is 22.9 Å². The van der Waals surface area contributed by atoms with Gasteiger partial charge >= 0.3 is 0 Å². The number of rotatable bonds is 3. The molecule has 0 saturated carbocycles. The number of pyridine rings is 1. The van der Waals surface area contributed by atoms with Crippen LogP contribution in [0.25, 0.3) is 0 Å². The molecule has 0 aliphatic carbocycles. The Kier molecular flexibility index (Phi) is 3.47. The second kappa shape index (κ2) is 4.61. The summed E-state index contributed by atoms with van der Waals surface area (Å²) in [5.41, 5.74) is 10.5. The van der Waals surface area contributed by atoms with Crippen molar-refractivity contribution in [3.05, 3.63) is 30.1 Å². The highest BCUT2D eigenvalue weighted by molar-refractivity contribution is 8.14. The lowest BCUT2D eigenvalue weighted by atomic mass is 10.2. The molecule has 0 saturated heterocycles. The summed E-state index contributed by atoms with van der Waals surface area (Å²) >= 11 is 0.663. The SMILES string of the molecule is NC(=O)SC(C(N)=O)c1ccccn1. The van der Waals surface area contributed by atoms with Crippen molar-refractivity contribution in [3.63, 3.8) is 0 Å². The van der Waals surface area contributed by atoms with Crippen molar-refractivity contribution < 1.29 is 9.59 Å². The third-order valence-electron chi connectivity index (χ3n) is 1.45. The summed E-state index contributed by atoms with van der Waals surface area (Å²) in [6.07, 6.45) is 1.52. The molecule has 0 aliphatic heterocycles. The van der Waals surface area contributed by atoms with E-state index < -0.39 is 16.4 Å². The summed E-state index contributed by atoms with van der Waals surface area (Å²) in [7, 11) is 0. The lowest BCUT2D eigenvalue weighted by molar-refractivity contribution is -0.117. The first kappa shape index (κ1) is 10.5. The summed E-state index contributed by atoms with van der Waals surface area (Å²) in [5.74, 6) is -0.632. The monoisotopic (exact) mass is 211 g/mol. The standard InChI is InChI=1S/C8H9N3O2S/c9-7(12)6(14-8(10)13)5-3-1-2-4-11-5/h1-4,6H,(H2,9,12)(H2,10,13). The molecule has 0 aromatic carbocycles. The van der Waals surface area contributed by atoms with Crippen LogP contribution in [0.15, 0.2) is 24.4 Å². The number of hydrogen-bond donors (Lipinski definition) is 2. The summed E-state index contributed by atoms with van der Waals surface area (Å²) in [6.45, 7) is 0. The van der Waals surface area contributed by atoms with E-state index in [4.69, 9.17) is 11.5 Å². The van der Waals surface area contributed by atoms with E-state index >= 15 is 0 Å². The molecule has 0 bridgehead atoms. The van der Waals surface area contributed by atoms with Gasteiger partial charge in [-0.15, -0.1) is 0 Å². The highest BCUT2D eigenvalue weighted by Gasteiger charge is 2.21. The van der Waals surface area contributed by atoms with E-state index in [2.05, 4.69) is 4.98 Å². The van der Waals surface area contributed by atoms with Gasteiger partial charge in [-0.05, 0) is 23.9 Å². The maximum Gasteiger partial charge on any atom is 0.277 e. The first-order valence-corrected chi connectivity index (χ1v) is 4.65. The van der Waals surface area contributed by atoms with Crippen molar-refractivity contribution in [1.29, 1.82) is 0 Å². The van der Waals surface area contributed by atoms with Gasteiger partial charge in [0.25, 0.3) is 5.24 Å². The lowest BCUT2D eigenvalue weighted by Gasteiger charge is -2.08. The predicted octanol–water partition coefficient (Wildman–Crippen LogP) is 0.420. The van der Waals surface area contributed by atoms with Crippen LogP contribution in [0.3, 0.4) is 0 Å². The first-order valence-electron chi connectivity index (χ1n) is 3.77. The van der Waals surface area contributed by atoms with Crippen LogP contribution in [0.4, 0.5) is 4.79 Å². The normalized spacial score (nSPS) is 12.0. The topological polar surface area (TPSA) is 99.1 Å². The predicted molar refractivity (Wildman–Crippen MR) is 53.3 cm³/mol. The Morgan fingerprint density at radius 3 is 2.50 bits per heavy atom. The molecule has 74 valence electrons. The van der Waals surface area contributed by atoms with Crippen molar-refractivity contribution in [2.45, 2.75) is 5.25 Å². The molecule has 1 heterocycles. The smallest absolute Gasteiger partial charge is 0.277 e. The largest absolute Gasteiger partial charge is 0.368 e. The molecule has 6 heteroatoms. The third kappa shape index (κ3) is 2.74. The molecule has 0 aliphatic rings. The van der Waals surface area contributed by atoms with Gasteiger partial charge in [-0.3, -0.25) is 14.6 Å². The highest BCUT2D eigenvalue weighted by Crippen LogP contribution is 2.26. The molecule has 0 fully saturated rings. The molecule has 1 rings (SSSR count). The van der Waals surface area contributed by atoms with Gasteiger partial charge < -0.3 is 11.5 Å². The minimum absolute atomic E-state index is 0.434. The number of nitrogens with two attached hydrogens (primary N) is 2. The third-order valence-corrected chi connectivity index (χ3v) is 2.39. The Labute approximate surface area is 84.9 Å². The van der Waals surface area contributed by atoms with Crippen molar-refractivity contribution in [2.24, 2.45) is 11.5 Å². The summed E-state index contributed by atoms with van der Waals surface area (Å²) in [5, 5.41) is -1.46. The Morgan fingerprint density at radius 1 is 1.36 bits per heavy atom. The van der Waals surface area contributed by atoms with Crippen LogP contribution >= 0.6 is 11.8 Å². The fourth-order valence-corrected chi connectivity index (χ4v) is 1.52. The molecule has 5 nitrogen and oxygen atoms in total. The molecular formula is C8H9N3O2S. The van der Waals surface area contributed by atoms with Crippen LogP contribution in [0.2, 0.25) is 0 Å². The molecule has 2 amide bonds. The molecule has 14 heavy (non-hydrogen) atoms. The van der Waals surface area contributed by atoms with Gasteiger partial charge in [-0.2, -0.15) is 0 Å². The fraction of sp³-hybridized carbons (Fsp3) is 0.125. The maximum atomic E-state index is 11.0. The zero-order chi connectivity index (χ0) is 10.6. The Morgan fingerprint density at radius 2 is 2.07 bits per heavy atom. The van der Waals surface area contributed by atoms with Crippen LogP contribution < -0.4 is 11.5 Å². The zero-order valence-corrected chi connectivity index (χ0v) is 8.03. The molecular weight excluding hydrogens is 202 g/mol. The van der Waals surface area contributed by atoms with Crippen LogP contribution in [-0.4, -0.2) is 16.1 Å². The zero-order valence-electron chi connectivity index (χ0n) is 7.21. The molecule has 4 N–H and O–H groups in total. The van der Waals surface area contributed by atoms with E-state index in [1.54, 1.807) is 18.2 Å². The van der Waals surface area contributed by atoms with E-state index in [1.807, 2.05) is 0 Å². The van der Waals surface area contributed by atoms with Gasteiger partial charge in [0.05, 0.1) is 5.69 Å². The Hall–Kier alpha value is -1.56. The van der Waals surface area contributed by atoms with Gasteiger partial charge in [-0.25, -0.2) is 0 Å². The second-order valence-electron chi connectivity index (χ2n) is 2.47. The summed E-state index contributed by atoms with van der Waals surface area (Å²) < 4.78 is 0. The van der Waals surface area contributed by atoms with Crippen molar-refractivity contribution in [2.75, 3.05) is 0 Å². The molecule has 0 radical (unpaired) electrons. The number of primary amides is 2. The van der Waals surface area contributed by atoms with Crippen molar-refractivity contribution in [3.8, 4) is 0 Å². The average Bonchev–Trinajstić information content (AvgIpc) is 2.15. The van der Waals surface area contributed by atoms with Crippen LogP contribution in [0, 0.1) is 0 Å². The number of nitrogens with zero attached hydrogens (tertiary/aromatic N) is 1. The van der Waals surface area contributed by atoms with E-state index in [9.17, 15) is 9.59 Å². The minimum atomic E-state index is -0.811. The van der Waals surface area contributed by atoms with E-state index in [0.29, 0.717) is 17.5 Å². The number of carbonyl (C=O) groups is 2. The van der Waals surface area contributed by atoms with Gasteiger partial charge in [0, 0.05) is 6.20 Å². The quantitative estimate of drug-likeness (QED) is 0.756. The van der Waals surface area contributed by atoms with Crippen LogP contribution in [0.1, 0.15) is 10.9 Å². The molecule has 1 unspecified atom stereocenters. The second-order valence-corrected chi connectivity index (χ2v) is 3.58. The first-order chi connectivity index (χ1) is 6.61. The summed E-state index contributed by atoms with van der Waals surface area (Å²) in [4.78, 5) is 25.6. The number of aromatic nitrogens is 1. The number of hydrogen-bond acceptors (Lipinski definition) is 4. The maximum absolute atomic E-state index is 11.0. The van der Waals surface area contributed by atoms with Gasteiger partial charge in [0.15, 0.2) is 0 Å². The summed E-state index contributed by atoms with van der Waals surface area (Å²) in [6, 6.07) is 5.03. The fourth-order valence-electron chi connectivity index (χ4n) is 0.911. The number of amides is 2. The van der Waals surface area contributed by atoms with Crippen LogP contribution in [0.5, 0.6) is 0 Å². The highest BCUT2D eigenvalue weighted by atomic mass is 32.2. The minimum Gasteiger partial charge on any atom is -0.368 e. The molecule has 1 aromatic rings. The lowest BCUT2D eigenvalue weighted by Crippen LogP contribution is -2.22. The molecule has 0 spiro atoms.